The van der Waals surface area contributed by atoms with Gasteiger partial charge in [-0.3, -0.25) is 0 Å². The number of aliphatic imine (C=N–C) groups is 1. The summed E-state index contributed by atoms with van der Waals surface area (Å²) in [5.74, 6) is 1.49. The summed E-state index contributed by atoms with van der Waals surface area (Å²) in [7, 11) is 1.66. The molecule has 10 heteroatoms. The molecular formula is C20H31F3IN3O3. The van der Waals surface area contributed by atoms with Crippen LogP contribution in [0, 0.1) is 5.92 Å². The fraction of sp³-hybridized carbons (Fsp3) is 0.650. The molecule has 1 atom stereocenters. The second kappa shape index (κ2) is 13.9. The number of guanidine groups is 1. The normalized spacial score (nSPS) is 17.0. The molecule has 1 unspecified atom stereocenters. The number of likely N-dealkylation sites (tertiary alicyclic amines) is 1. The quantitative estimate of drug-likeness (QED) is 0.211. The van der Waals surface area contributed by atoms with Gasteiger partial charge in [0.05, 0.1) is 26.4 Å². The molecule has 6 nitrogen and oxygen atoms in total. The standard InChI is InChI=1S/C20H30F3N3O3.HI/c1-3-24-19(26-9-8-17(13-26)14-28-11-10-27-2)25-12-16-4-6-18(7-5-16)29-15-20(21,22)23;/h4-7,17H,3,8-15H2,1-2H3,(H,24,25);1H. The Morgan fingerprint density at radius 2 is 1.97 bits per heavy atom. The van der Waals surface area contributed by atoms with Gasteiger partial charge in [0.25, 0.3) is 0 Å². The Balaban J connectivity index is 0.00000450. The van der Waals surface area contributed by atoms with Gasteiger partial charge in [-0.25, -0.2) is 4.99 Å². The smallest absolute Gasteiger partial charge is 0.422 e. The number of hydrogen-bond donors (Lipinski definition) is 1. The average molecular weight is 545 g/mol. The van der Waals surface area contributed by atoms with Crippen LogP contribution in [0.25, 0.3) is 0 Å². The van der Waals surface area contributed by atoms with Crippen LogP contribution in [-0.4, -0.2) is 70.2 Å². The lowest BCUT2D eigenvalue weighted by atomic mass is 10.1. The summed E-state index contributed by atoms with van der Waals surface area (Å²) < 4.78 is 52.0. The molecule has 0 aromatic heterocycles. The van der Waals surface area contributed by atoms with E-state index in [0.717, 1.165) is 37.6 Å². The van der Waals surface area contributed by atoms with Crippen LogP contribution < -0.4 is 10.1 Å². The number of ether oxygens (including phenoxy) is 3. The molecule has 0 bridgehead atoms. The zero-order valence-corrected chi connectivity index (χ0v) is 19.7. The molecule has 172 valence electrons. The molecule has 0 aliphatic carbocycles. The average Bonchev–Trinajstić information content (AvgIpc) is 3.16. The van der Waals surface area contributed by atoms with E-state index in [2.05, 4.69) is 15.2 Å². The largest absolute Gasteiger partial charge is 0.484 e. The fourth-order valence-corrected chi connectivity index (χ4v) is 3.00. The molecule has 1 fully saturated rings. The highest BCUT2D eigenvalue weighted by Gasteiger charge is 2.28. The van der Waals surface area contributed by atoms with Gasteiger partial charge in [-0.1, -0.05) is 12.1 Å². The Hall–Kier alpha value is -1.27. The van der Waals surface area contributed by atoms with Crippen LogP contribution in [-0.2, 0) is 16.0 Å². The van der Waals surface area contributed by atoms with E-state index in [1.807, 2.05) is 6.92 Å². The number of benzene rings is 1. The van der Waals surface area contributed by atoms with Gasteiger partial charge < -0.3 is 24.4 Å². The van der Waals surface area contributed by atoms with Crippen molar-refractivity contribution in [3.05, 3.63) is 29.8 Å². The van der Waals surface area contributed by atoms with E-state index in [9.17, 15) is 13.2 Å². The first-order valence-electron chi connectivity index (χ1n) is 9.79. The van der Waals surface area contributed by atoms with Crippen molar-refractivity contribution >= 4 is 29.9 Å². The number of rotatable bonds is 10. The van der Waals surface area contributed by atoms with Crippen molar-refractivity contribution in [1.29, 1.82) is 0 Å². The Morgan fingerprint density at radius 1 is 1.23 bits per heavy atom. The topological polar surface area (TPSA) is 55.3 Å². The van der Waals surface area contributed by atoms with Gasteiger partial charge in [0.2, 0.25) is 0 Å². The summed E-state index contributed by atoms with van der Waals surface area (Å²) in [5, 5.41) is 3.31. The lowest BCUT2D eigenvalue weighted by Gasteiger charge is -2.21. The van der Waals surface area contributed by atoms with Crippen LogP contribution in [0.4, 0.5) is 13.2 Å². The van der Waals surface area contributed by atoms with Gasteiger partial charge >= 0.3 is 6.18 Å². The third-order valence-corrected chi connectivity index (χ3v) is 4.44. The van der Waals surface area contributed by atoms with Crippen LogP contribution in [0.2, 0.25) is 0 Å². The second-order valence-electron chi connectivity index (χ2n) is 6.89. The first-order chi connectivity index (χ1) is 13.9. The predicted molar refractivity (Wildman–Crippen MR) is 121 cm³/mol. The van der Waals surface area contributed by atoms with Crippen LogP contribution >= 0.6 is 24.0 Å². The highest BCUT2D eigenvalue weighted by atomic mass is 127. The van der Waals surface area contributed by atoms with E-state index in [0.29, 0.717) is 32.3 Å². The Kier molecular flexibility index (Phi) is 12.4. The molecule has 1 heterocycles. The minimum absolute atomic E-state index is 0. The van der Waals surface area contributed by atoms with E-state index in [-0.39, 0.29) is 29.7 Å². The monoisotopic (exact) mass is 545 g/mol. The molecule has 0 spiro atoms. The summed E-state index contributed by atoms with van der Waals surface area (Å²) in [5.41, 5.74) is 0.901. The molecule has 1 N–H and O–H groups in total. The maximum atomic E-state index is 12.2. The summed E-state index contributed by atoms with van der Waals surface area (Å²) in [6, 6.07) is 6.53. The van der Waals surface area contributed by atoms with E-state index in [4.69, 9.17) is 14.2 Å². The number of methoxy groups -OCH3 is 1. The maximum absolute atomic E-state index is 12.2. The minimum Gasteiger partial charge on any atom is -0.484 e. The first kappa shape index (κ1) is 26.8. The molecule has 0 radical (unpaired) electrons. The molecule has 0 amide bonds. The van der Waals surface area contributed by atoms with E-state index in [1.54, 1.807) is 19.2 Å². The van der Waals surface area contributed by atoms with Crippen LogP contribution in [0.1, 0.15) is 18.9 Å². The van der Waals surface area contributed by atoms with Crippen molar-refractivity contribution in [2.24, 2.45) is 10.9 Å². The molecular weight excluding hydrogens is 514 g/mol. The second-order valence-corrected chi connectivity index (χ2v) is 6.89. The van der Waals surface area contributed by atoms with Crippen LogP contribution in [0.3, 0.4) is 0 Å². The van der Waals surface area contributed by atoms with E-state index in [1.165, 1.54) is 12.1 Å². The third-order valence-electron chi connectivity index (χ3n) is 4.44. The Bertz CT molecular complexity index is 630. The summed E-state index contributed by atoms with van der Waals surface area (Å²) >= 11 is 0. The SMILES string of the molecule is CCNC(=NCc1ccc(OCC(F)(F)F)cc1)N1CCC(COCCOC)C1.I. The lowest BCUT2D eigenvalue weighted by molar-refractivity contribution is -0.153. The molecule has 1 saturated heterocycles. The van der Waals surface area contributed by atoms with Crippen LogP contribution in [0.15, 0.2) is 29.3 Å². The van der Waals surface area contributed by atoms with Gasteiger partial charge in [0, 0.05) is 32.7 Å². The third kappa shape index (κ3) is 10.2. The van der Waals surface area contributed by atoms with Gasteiger partial charge in [0.15, 0.2) is 12.6 Å². The van der Waals surface area contributed by atoms with Crippen molar-refractivity contribution in [2.45, 2.75) is 26.1 Å². The molecule has 0 saturated carbocycles. The number of nitrogens with one attached hydrogen (secondary N) is 1. The zero-order chi connectivity index (χ0) is 21.1. The van der Waals surface area contributed by atoms with Gasteiger partial charge in [-0.15, -0.1) is 24.0 Å². The Labute approximate surface area is 193 Å². The highest BCUT2D eigenvalue weighted by molar-refractivity contribution is 14.0. The fourth-order valence-electron chi connectivity index (χ4n) is 3.00. The van der Waals surface area contributed by atoms with E-state index < -0.39 is 12.8 Å². The Morgan fingerprint density at radius 3 is 2.60 bits per heavy atom. The van der Waals surface area contributed by atoms with Crippen LogP contribution in [0.5, 0.6) is 5.75 Å². The minimum atomic E-state index is -4.34. The summed E-state index contributed by atoms with van der Waals surface area (Å²) in [4.78, 5) is 6.89. The molecule has 1 aromatic rings. The van der Waals surface area contributed by atoms with Crippen molar-refractivity contribution in [3.8, 4) is 5.75 Å². The molecule has 30 heavy (non-hydrogen) atoms. The lowest BCUT2D eigenvalue weighted by Crippen LogP contribution is -2.40. The molecule has 2 rings (SSSR count). The van der Waals surface area contributed by atoms with Gasteiger partial charge in [-0.2, -0.15) is 13.2 Å². The molecule has 1 aliphatic rings. The summed E-state index contributed by atoms with van der Waals surface area (Å²) in [6.45, 7) is 5.62. The maximum Gasteiger partial charge on any atom is 0.422 e. The number of halogens is 4. The van der Waals surface area contributed by atoms with Crippen molar-refractivity contribution in [1.82, 2.24) is 10.2 Å². The first-order valence-corrected chi connectivity index (χ1v) is 9.79. The van der Waals surface area contributed by atoms with Crippen molar-refractivity contribution in [2.75, 3.05) is 53.2 Å². The molecule has 1 aromatic carbocycles. The predicted octanol–water partition coefficient (Wildman–Crippen LogP) is 3.70. The van der Waals surface area contributed by atoms with E-state index >= 15 is 0 Å². The van der Waals surface area contributed by atoms with Crippen molar-refractivity contribution in [3.63, 3.8) is 0 Å². The number of alkyl halides is 3. The van der Waals surface area contributed by atoms with Gasteiger partial charge in [0.1, 0.15) is 5.75 Å². The van der Waals surface area contributed by atoms with Gasteiger partial charge in [-0.05, 0) is 31.0 Å². The number of hydrogen-bond acceptors (Lipinski definition) is 4. The summed E-state index contributed by atoms with van der Waals surface area (Å²) in [6.07, 6.45) is -3.30. The number of nitrogens with zero attached hydrogens (tertiary/aromatic N) is 2. The van der Waals surface area contributed by atoms with Crippen molar-refractivity contribution < 1.29 is 27.4 Å². The highest BCUT2D eigenvalue weighted by Crippen LogP contribution is 2.20. The molecule has 1 aliphatic heterocycles. The zero-order valence-electron chi connectivity index (χ0n) is 17.4.